The molecule has 94 valence electrons. The Morgan fingerprint density at radius 1 is 1.41 bits per heavy atom. The molecular weight excluding hydrogens is 352 g/mol. The molecule has 6 heteroatoms. The molecule has 0 unspecified atom stereocenters. The zero-order valence-corrected chi connectivity index (χ0v) is 12.6. The Morgan fingerprint density at radius 3 is 2.82 bits per heavy atom. The zero-order valence-electron chi connectivity index (χ0n) is 9.43. The minimum absolute atomic E-state index is 0.0585. The summed E-state index contributed by atoms with van der Waals surface area (Å²) in [5.41, 5.74) is 0.884. The highest BCUT2D eigenvalue weighted by Gasteiger charge is 2.03. The molecule has 1 rings (SSSR count). The molecule has 0 saturated carbocycles. The van der Waals surface area contributed by atoms with E-state index < -0.39 is 0 Å². The molecular formula is C11H14Br2N2O2. The van der Waals surface area contributed by atoms with Gasteiger partial charge in [0, 0.05) is 28.3 Å². The first-order valence-corrected chi connectivity index (χ1v) is 6.66. The topological polar surface area (TPSA) is 50.4 Å². The standard InChI is InChI=1S/C11H14Br2N2O2/c1-17-5-4-14-11(16)7-15-10-3-2-8(12)6-9(10)13/h2-3,6,15H,4-5,7H2,1H3,(H,14,16). The number of halogens is 2. The van der Waals surface area contributed by atoms with E-state index in [9.17, 15) is 4.79 Å². The van der Waals surface area contributed by atoms with Crippen molar-refractivity contribution < 1.29 is 9.53 Å². The molecule has 0 fully saturated rings. The van der Waals surface area contributed by atoms with E-state index in [-0.39, 0.29) is 12.5 Å². The number of carbonyl (C=O) groups is 1. The number of methoxy groups -OCH3 is 1. The summed E-state index contributed by atoms with van der Waals surface area (Å²) in [6.45, 7) is 1.29. The van der Waals surface area contributed by atoms with E-state index in [0.717, 1.165) is 14.6 Å². The summed E-state index contributed by atoms with van der Waals surface area (Å²) < 4.78 is 6.74. The Hall–Kier alpha value is -0.590. The van der Waals surface area contributed by atoms with Gasteiger partial charge in [0.15, 0.2) is 0 Å². The summed E-state index contributed by atoms with van der Waals surface area (Å²) in [5, 5.41) is 5.78. The van der Waals surface area contributed by atoms with Crippen molar-refractivity contribution in [2.75, 3.05) is 32.1 Å². The van der Waals surface area contributed by atoms with Crippen molar-refractivity contribution in [3.8, 4) is 0 Å². The van der Waals surface area contributed by atoms with Gasteiger partial charge in [-0.3, -0.25) is 4.79 Å². The smallest absolute Gasteiger partial charge is 0.239 e. The Balaban J connectivity index is 2.37. The van der Waals surface area contributed by atoms with Gasteiger partial charge in [-0.25, -0.2) is 0 Å². The molecule has 17 heavy (non-hydrogen) atoms. The van der Waals surface area contributed by atoms with Gasteiger partial charge in [0.2, 0.25) is 5.91 Å². The normalized spacial score (nSPS) is 10.1. The highest BCUT2D eigenvalue weighted by atomic mass is 79.9. The Labute approximate surface area is 117 Å². The molecule has 0 aliphatic carbocycles. The maximum absolute atomic E-state index is 11.4. The number of nitrogens with one attached hydrogen (secondary N) is 2. The molecule has 0 aliphatic rings. The quantitative estimate of drug-likeness (QED) is 0.761. The number of rotatable bonds is 6. The summed E-state index contributed by atoms with van der Waals surface area (Å²) in [6.07, 6.45) is 0. The van der Waals surface area contributed by atoms with Crippen LogP contribution in [-0.2, 0) is 9.53 Å². The average molecular weight is 366 g/mol. The second-order valence-corrected chi connectivity index (χ2v) is 5.09. The van der Waals surface area contributed by atoms with Crippen molar-refractivity contribution in [2.24, 2.45) is 0 Å². The van der Waals surface area contributed by atoms with Crippen LogP contribution in [0.4, 0.5) is 5.69 Å². The second-order valence-electron chi connectivity index (χ2n) is 3.32. The van der Waals surface area contributed by atoms with Crippen LogP contribution in [0.2, 0.25) is 0 Å². The lowest BCUT2D eigenvalue weighted by molar-refractivity contribution is -0.119. The van der Waals surface area contributed by atoms with Crippen molar-refractivity contribution in [3.63, 3.8) is 0 Å². The number of anilines is 1. The van der Waals surface area contributed by atoms with Gasteiger partial charge in [-0.05, 0) is 34.1 Å². The van der Waals surface area contributed by atoms with Gasteiger partial charge in [0.25, 0.3) is 0 Å². The van der Waals surface area contributed by atoms with Gasteiger partial charge >= 0.3 is 0 Å². The lowest BCUT2D eigenvalue weighted by atomic mass is 10.3. The molecule has 2 N–H and O–H groups in total. The highest BCUT2D eigenvalue weighted by molar-refractivity contribution is 9.11. The van der Waals surface area contributed by atoms with Crippen LogP contribution < -0.4 is 10.6 Å². The van der Waals surface area contributed by atoms with E-state index in [1.165, 1.54) is 0 Å². The molecule has 4 nitrogen and oxygen atoms in total. The average Bonchev–Trinajstić information content (AvgIpc) is 2.28. The van der Waals surface area contributed by atoms with Gasteiger partial charge in [0.1, 0.15) is 0 Å². The number of hydrogen-bond donors (Lipinski definition) is 2. The first kappa shape index (κ1) is 14.5. The third-order valence-corrected chi connectivity index (χ3v) is 3.15. The van der Waals surface area contributed by atoms with Crippen molar-refractivity contribution >= 4 is 43.5 Å². The third-order valence-electron chi connectivity index (χ3n) is 2.00. The fraction of sp³-hybridized carbons (Fsp3) is 0.364. The summed E-state index contributed by atoms with van der Waals surface area (Å²) in [6, 6.07) is 5.73. The lowest BCUT2D eigenvalue weighted by Crippen LogP contribution is -2.32. The van der Waals surface area contributed by atoms with Crippen LogP contribution in [0.3, 0.4) is 0 Å². The van der Waals surface area contributed by atoms with E-state index in [4.69, 9.17) is 4.74 Å². The first-order valence-electron chi connectivity index (χ1n) is 5.08. The van der Waals surface area contributed by atoms with Gasteiger partial charge in [-0.15, -0.1) is 0 Å². The number of carbonyl (C=O) groups excluding carboxylic acids is 1. The maximum Gasteiger partial charge on any atom is 0.239 e. The van der Waals surface area contributed by atoms with Crippen LogP contribution in [0, 0.1) is 0 Å². The maximum atomic E-state index is 11.4. The van der Waals surface area contributed by atoms with Gasteiger partial charge in [0.05, 0.1) is 13.2 Å². The van der Waals surface area contributed by atoms with Gasteiger partial charge < -0.3 is 15.4 Å². The van der Waals surface area contributed by atoms with Crippen LogP contribution in [0.15, 0.2) is 27.1 Å². The van der Waals surface area contributed by atoms with Crippen molar-refractivity contribution in [3.05, 3.63) is 27.1 Å². The number of ether oxygens (including phenoxy) is 1. The van der Waals surface area contributed by atoms with Gasteiger partial charge in [-0.1, -0.05) is 15.9 Å². The molecule has 0 aromatic heterocycles. The predicted octanol–water partition coefficient (Wildman–Crippen LogP) is 2.39. The second kappa shape index (κ2) is 7.68. The van der Waals surface area contributed by atoms with Crippen LogP contribution in [-0.4, -0.2) is 32.7 Å². The van der Waals surface area contributed by atoms with Crippen LogP contribution in [0.25, 0.3) is 0 Å². The van der Waals surface area contributed by atoms with E-state index in [0.29, 0.717) is 13.2 Å². The molecule has 0 radical (unpaired) electrons. The zero-order chi connectivity index (χ0) is 12.7. The highest BCUT2D eigenvalue weighted by Crippen LogP contribution is 2.25. The molecule has 0 spiro atoms. The molecule has 1 amide bonds. The summed E-state index contributed by atoms with van der Waals surface area (Å²) in [7, 11) is 1.60. The minimum Gasteiger partial charge on any atom is -0.383 e. The Bertz CT molecular complexity index is 386. The Kier molecular flexibility index (Phi) is 6.54. The van der Waals surface area contributed by atoms with Crippen molar-refractivity contribution in [2.45, 2.75) is 0 Å². The van der Waals surface area contributed by atoms with Crippen molar-refractivity contribution in [1.29, 1.82) is 0 Å². The molecule has 0 heterocycles. The van der Waals surface area contributed by atoms with Crippen LogP contribution in [0.5, 0.6) is 0 Å². The number of benzene rings is 1. The summed E-state index contributed by atoms with van der Waals surface area (Å²) in [5.74, 6) is -0.0585. The molecule has 0 atom stereocenters. The van der Waals surface area contributed by atoms with E-state index in [2.05, 4.69) is 42.5 Å². The fourth-order valence-electron chi connectivity index (χ4n) is 1.16. The van der Waals surface area contributed by atoms with E-state index in [1.807, 2.05) is 18.2 Å². The number of hydrogen-bond acceptors (Lipinski definition) is 3. The molecule has 0 bridgehead atoms. The molecule has 0 saturated heterocycles. The minimum atomic E-state index is -0.0585. The van der Waals surface area contributed by atoms with E-state index >= 15 is 0 Å². The fourth-order valence-corrected chi connectivity index (χ4v) is 2.35. The molecule has 0 aliphatic heterocycles. The first-order chi connectivity index (χ1) is 8.13. The Morgan fingerprint density at radius 2 is 2.18 bits per heavy atom. The monoisotopic (exact) mass is 364 g/mol. The predicted molar refractivity (Wildman–Crippen MR) is 75.2 cm³/mol. The summed E-state index contributed by atoms with van der Waals surface area (Å²) >= 11 is 6.78. The number of amides is 1. The SMILES string of the molecule is COCCNC(=O)CNc1ccc(Br)cc1Br. The van der Waals surface area contributed by atoms with Crippen LogP contribution in [0.1, 0.15) is 0 Å². The lowest BCUT2D eigenvalue weighted by Gasteiger charge is -2.09. The molecule has 1 aromatic carbocycles. The van der Waals surface area contributed by atoms with E-state index in [1.54, 1.807) is 7.11 Å². The van der Waals surface area contributed by atoms with Gasteiger partial charge in [-0.2, -0.15) is 0 Å². The molecule has 1 aromatic rings. The largest absolute Gasteiger partial charge is 0.383 e. The van der Waals surface area contributed by atoms with Crippen molar-refractivity contribution in [1.82, 2.24) is 5.32 Å². The van der Waals surface area contributed by atoms with Crippen LogP contribution >= 0.6 is 31.9 Å². The third kappa shape index (κ3) is 5.52. The summed E-state index contributed by atoms with van der Waals surface area (Å²) in [4.78, 5) is 11.4.